The van der Waals surface area contributed by atoms with Crippen molar-refractivity contribution in [1.29, 1.82) is 10.5 Å². The Kier molecular flexibility index (Phi) is 8.12. The van der Waals surface area contributed by atoms with Crippen molar-refractivity contribution in [2.45, 2.75) is 5.41 Å². The van der Waals surface area contributed by atoms with Crippen molar-refractivity contribution in [3.05, 3.63) is 246 Å². The number of aromatic nitrogens is 2. The molecule has 0 saturated carbocycles. The topological polar surface area (TPSA) is 68.6 Å². The Morgan fingerprint density at radius 3 is 1.60 bits per heavy atom. The van der Waals surface area contributed by atoms with Gasteiger partial charge in [-0.3, -0.25) is 4.57 Å². The van der Waals surface area contributed by atoms with Crippen LogP contribution in [0.1, 0.15) is 33.4 Å². The zero-order valence-corrected chi connectivity index (χ0v) is 33.9. The lowest BCUT2D eigenvalue weighted by Gasteiger charge is -2.30. The Morgan fingerprint density at radius 2 is 1.00 bits per heavy atom. The van der Waals surface area contributed by atoms with E-state index in [4.69, 9.17) is 4.98 Å². The van der Waals surface area contributed by atoms with Crippen molar-refractivity contribution >= 4 is 28.0 Å². The van der Waals surface area contributed by atoms with E-state index in [0.29, 0.717) is 11.1 Å². The molecule has 2 aliphatic rings. The fourth-order valence-electron chi connectivity index (χ4n) is 10.2. The Balaban J connectivity index is 1.25. The van der Waals surface area contributed by atoms with Crippen LogP contribution < -0.4 is 4.90 Å². The van der Waals surface area contributed by atoms with E-state index in [1.165, 1.54) is 0 Å². The van der Waals surface area contributed by atoms with Crippen LogP contribution in [0.4, 0.5) is 17.1 Å². The molecule has 63 heavy (non-hydrogen) atoms. The predicted molar refractivity (Wildman–Crippen MR) is 252 cm³/mol. The average molecular weight is 802 g/mol. The number of para-hydroxylation sites is 2. The largest absolute Gasteiger partial charge is 0.310 e. The fraction of sp³-hybridized carbons (Fsp3) is 0.0172. The minimum absolute atomic E-state index is 0.587. The number of fused-ring (bicyclic) bond motifs is 12. The summed E-state index contributed by atoms with van der Waals surface area (Å²) >= 11 is 0. The summed E-state index contributed by atoms with van der Waals surface area (Å²) in [5, 5.41) is 21.9. The second-order valence-corrected chi connectivity index (χ2v) is 16.1. The molecular formula is C58H35N5. The van der Waals surface area contributed by atoms with E-state index in [1.54, 1.807) is 0 Å². The molecule has 10 aromatic rings. The summed E-state index contributed by atoms with van der Waals surface area (Å²) in [5.41, 5.74) is 16.9. The normalized spacial score (nSPS) is 12.5. The lowest BCUT2D eigenvalue weighted by Crippen LogP contribution is -2.26. The lowest BCUT2D eigenvalue weighted by atomic mass is 9.69. The molecule has 5 nitrogen and oxygen atoms in total. The maximum absolute atomic E-state index is 10.4. The molecule has 2 aromatic heterocycles. The van der Waals surface area contributed by atoms with Gasteiger partial charge in [0, 0.05) is 39.1 Å². The number of nitrogens with zero attached hydrogens (tertiary/aromatic N) is 5. The molecule has 0 unspecified atom stereocenters. The molecule has 2 aliphatic carbocycles. The van der Waals surface area contributed by atoms with Crippen molar-refractivity contribution in [1.82, 2.24) is 9.55 Å². The molecule has 2 heterocycles. The average Bonchev–Trinajstić information content (AvgIpc) is 3.96. The molecule has 0 aliphatic heterocycles. The molecule has 0 saturated heterocycles. The highest BCUT2D eigenvalue weighted by atomic mass is 15.1. The second kappa shape index (κ2) is 14.2. The molecule has 0 radical (unpaired) electrons. The Hall–Kier alpha value is -8.77. The number of benzene rings is 8. The maximum Gasteiger partial charge on any atom is 0.138 e. The van der Waals surface area contributed by atoms with Crippen molar-refractivity contribution in [2.75, 3.05) is 4.90 Å². The van der Waals surface area contributed by atoms with Gasteiger partial charge in [0.05, 0.1) is 45.6 Å². The van der Waals surface area contributed by atoms with E-state index in [2.05, 4.69) is 198 Å². The maximum atomic E-state index is 10.4. The third-order valence-corrected chi connectivity index (χ3v) is 12.8. The van der Waals surface area contributed by atoms with Gasteiger partial charge in [0.1, 0.15) is 5.82 Å². The molecule has 0 atom stereocenters. The third-order valence-electron chi connectivity index (χ3n) is 12.8. The van der Waals surface area contributed by atoms with Gasteiger partial charge in [-0.05, 0) is 112 Å². The monoisotopic (exact) mass is 801 g/mol. The van der Waals surface area contributed by atoms with Gasteiger partial charge in [-0.1, -0.05) is 140 Å². The van der Waals surface area contributed by atoms with E-state index in [0.717, 1.165) is 101 Å². The molecule has 0 bridgehead atoms. The Bertz CT molecular complexity index is 3360. The van der Waals surface area contributed by atoms with E-state index >= 15 is 0 Å². The van der Waals surface area contributed by atoms with Gasteiger partial charge >= 0.3 is 0 Å². The summed E-state index contributed by atoms with van der Waals surface area (Å²) in [7, 11) is 0. The van der Waals surface area contributed by atoms with Crippen LogP contribution >= 0.6 is 0 Å². The van der Waals surface area contributed by atoms with Gasteiger partial charge in [-0.25, -0.2) is 4.98 Å². The van der Waals surface area contributed by atoms with Crippen LogP contribution in [0.5, 0.6) is 0 Å². The van der Waals surface area contributed by atoms with Crippen molar-refractivity contribution in [3.63, 3.8) is 0 Å². The van der Waals surface area contributed by atoms with Crippen LogP contribution in [0.2, 0.25) is 0 Å². The molecule has 0 fully saturated rings. The second-order valence-electron chi connectivity index (χ2n) is 16.1. The lowest BCUT2D eigenvalue weighted by molar-refractivity contribution is 0.800. The Morgan fingerprint density at radius 1 is 0.444 bits per heavy atom. The molecule has 292 valence electrons. The van der Waals surface area contributed by atoms with Gasteiger partial charge in [0.25, 0.3) is 0 Å². The number of anilines is 3. The van der Waals surface area contributed by atoms with E-state index in [1.807, 2.05) is 36.4 Å². The van der Waals surface area contributed by atoms with Crippen LogP contribution in [-0.4, -0.2) is 9.55 Å². The van der Waals surface area contributed by atoms with Crippen LogP contribution in [0.3, 0.4) is 0 Å². The van der Waals surface area contributed by atoms with Gasteiger partial charge < -0.3 is 4.90 Å². The first-order valence-electron chi connectivity index (χ1n) is 21.1. The molecule has 0 N–H and O–H groups in total. The van der Waals surface area contributed by atoms with Gasteiger partial charge in [0.2, 0.25) is 0 Å². The van der Waals surface area contributed by atoms with Crippen LogP contribution in [-0.2, 0) is 5.41 Å². The third kappa shape index (κ3) is 5.37. The van der Waals surface area contributed by atoms with Crippen molar-refractivity contribution < 1.29 is 0 Å². The molecule has 12 rings (SSSR count). The quantitative estimate of drug-likeness (QED) is 0.168. The number of hydrogen-bond acceptors (Lipinski definition) is 4. The van der Waals surface area contributed by atoms with Gasteiger partial charge in [-0.15, -0.1) is 0 Å². The molecule has 0 amide bonds. The van der Waals surface area contributed by atoms with Crippen molar-refractivity contribution in [2.24, 2.45) is 0 Å². The summed E-state index contributed by atoms with van der Waals surface area (Å²) in [4.78, 5) is 7.88. The highest BCUT2D eigenvalue weighted by molar-refractivity contribution is 6.06. The molecular weight excluding hydrogens is 767 g/mol. The van der Waals surface area contributed by atoms with Crippen LogP contribution in [0, 0.1) is 22.7 Å². The summed E-state index contributed by atoms with van der Waals surface area (Å²) in [5.74, 6) is 0.784. The zero-order valence-electron chi connectivity index (χ0n) is 33.9. The number of pyridine rings is 1. The number of hydrogen-bond donors (Lipinski definition) is 0. The van der Waals surface area contributed by atoms with Crippen molar-refractivity contribution in [3.8, 4) is 62.7 Å². The summed E-state index contributed by atoms with van der Waals surface area (Å²) in [6.07, 6.45) is 0. The fourth-order valence-corrected chi connectivity index (χ4v) is 10.2. The van der Waals surface area contributed by atoms with E-state index < -0.39 is 5.41 Å². The standard InChI is InChI=1S/C58H35N5/c59-36-38-25-28-46-47-29-26-39(37-60)32-52(47)58(51(46)31-38)50-24-14-13-23-48(50)57-56(58)49-30-27-45(62(43-19-9-3-10-20-43)44-21-11-4-12-22-44)35-54(49)63(57)55-34-42(40-15-5-1-6-16-40)33-53(61-55)41-17-7-2-8-18-41/h1-35H. The van der Waals surface area contributed by atoms with E-state index in [-0.39, 0.29) is 0 Å². The SMILES string of the molecule is N#Cc1ccc2c(c1)C1(c3cc(C#N)ccc3-2)c2ccccc2-c2c1c1ccc(N(c3ccccc3)c3ccccc3)cc1n2-c1cc(-c2ccccc2)cc(-c2ccccc2)n1. The van der Waals surface area contributed by atoms with Gasteiger partial charge in [0.15, 0.2) is 0 Å². The molecule has 8 aromatic carbocycles. The highest BCUT2D eigenvalue weighted by Gasteiger charge is 2.54. The summed E-state index contributed by atoms with van der Waals surface area (Å²) in [6.45, 7) is 0. The predicted octanol–water partition coefficient (Wildman–Crippen LogP) is 13.9. The van der Waals surface area contributed by atoms with E-state index in [9.17, 15) is 10.5 Å². The summed E-state index contributed by atoms with van der Waals surface area (Å²) < 4.78 is 2.37. The molecule has 5 heteroatoms. The summed E-state index contributed by atoms with van der Waals surface area (Å²) in [6, 6.07) is 78.7. The zero-order chi connectivity index (χ0) is 42.1. The van der Waals surface area contributed by atoms with Crippen LogP contribution in [0.25, 0.3) is 61.5 Å². The first kappa shape index (κ1) is 36.1. The first-order valence-corrected chi connectivity index (χ1v) is 21.1. The minimum atomic E-state index is -0.848. The minimum Gasteiger partial charge on any atom is -0.310 e. The Labute approximate surface area is 365 Å². The highest BCUT2D eigenvalue weighted by Crippen LogP contribution is 2.65. The molecule has 1 spiro atoms. The number of nitriles is 2. The van der Waals surface area contributed by atoms with Gasteiger partial charge in [-0.2, -0.15) is 10.5 Å². The van der Waals surface area contributed by atoms with Crippen LogP contribution in [0.15, 0.2) is 212 Å². The smallest absolute Gasteiger partial charge is 0.138 e. The number of rotatable bonds is 6. The first-order chi connectivity index (χ1) is 31.1.